The number of morpholine rings is 1. The van der Waals surface area contributed by atoms with Gasteiger partial charge in [0, 0.05) is 30.5 Å². The zero-order valence-corrected chi connectivity index (χ0v) is 15.4. The Balaban J connectivity index is 1.74. The lowest BCUT2D eigenvalue weighted by molar-refractivity contribution is 0.0296. The predicted octanol–water partition coefficient (Wildman–Crippen LogP) is 3.98. The minimum absolute atomic E-state index is 0.145. The largest absolute Gasteiger partial charge is 0.461 e. The number of furan rings is 1. The monoisotopic (exact) mass is 368 g/mol. The van der Waals surface area contributed by atoms with Crippen LogP contribution in [0.25, 0.3) is 22.2 Å². The minimum Gasteiger partial charge on any atom is -0.461 e. The molecular weight excluding hydrogens is 347 g/mol. The highest BCUT2D eigenvalue weighted by molar-refractivity contribution is 5.93. The summed E-state index contributed by atoms with van der Waals surface area (Å²) in [6.45, 7) is 5.83. The molecule has 6 heteroatoms. The van der Waals surface area contributed by atoms with Gasteiger partial charge in [0.15, 0.2) is 11.5 Å². The molecule has 1 aromatic carbocycles. The number of rotatable bonds is 3. The number of halogens is 1. The van der Waals surface area contributed by atoms with Crippen molar-refractivity contribution in [2.24, 2.45) is 0 Å². The molecule has 1 aliphatic heterocycles. The number of fused-ring (bicyclic) bond motifs is 1. The van der Waals surface area contributed by atoms with Gasteiger partial charge in [-0.25, -0.2) is 9.37 Å². The molecule has 27 heavy (non-hydrogen) atoms. The first-order valence-electron chi connectivity index (χ1n) is 9.14. The summed E-state index contributed by atoms with van der Waals surface area (Å²) in [6, 6.07) is 8.84. The maximum absolute atomic E-state index is 14.3. The quantitative estimate of drug-likeness (QED) is 0.702. The van der Waals surface area contributed by atoms with Crippen LogP contribution in [0.1, 0.15) is 28.7 Å². The van der Waals surface area contributed by atoms with Crippen molar-refractivity contribution < 1.29 is 18.3 Å². The number of aromatic nitrogens is 1. The molecule has 0 saturated carbocycles. The molecule has 0 atom stereocenters. The fourth-order valence-electron chi connectivity index (χ4n) is 3.37. The first-order valence-corrected chi connectivity index (χ1v) is 9.14. The second kappa shape index (κ2) is 7.12. The lowest BCUT2D eigenvalue weighted by Gasteiger charge is -2.26. The van der Waals surface area contributed by atoms with E-state index >= 15 is 0 Å². The number of ether oxygens (including phenoxy) is 1. The molecule has 1 aliphatic rings. The van der Waals surface area contributed by atoms with Gasteiger partial charge in [-0.1, -0.05) is 6.92 Å². The highest BCUT2D eigenvalue weighted by Crippen LogP contribution is 2.29. The molecule has 0 bridgehead atoms. The van der Waals surface area contributed by atoms with E-state index in [1.807, 2.05) is 32.0 Å². The van der Waals surface area contributed by atoms with Crippen molar-refractivity contribution >= 4 is 16.9 Å². The third kappa shape index (κ3) is 3.32. The van der Waals surface area contributed by atoms with E-state index < -0.39 is 11.7 Å². The predicted molar refractivity (Wildman–Crippen MR) is 100 cm³/mol. The van der Waals surface area contributed by atoms with Gasteiger partial charge < -0.3 is 14.1 Å². The van der Waals surface area contributed by atoms with Crippen molar-refractivity contribution in [2.45, 2.75) is 20.3 Å². The summed E-state index contributed by atoms with van der Waals surface area (Å²) in [5.41, 5.74) is 3.09. The number of carbonyl (C=O) groups is 1. The van der Waals surface area contributed by atoms with Gasteiger partial charge in [0.05, 0.1) is 18.9 Å². The fraction of sp³-hybridized carbons (Fsp3) is 0.333. The molecule has 1 saturated heterocycles. The molecule has 3 aromatic rings. The van der Waals surface area contributed by atoms with E-state index in [2.05, 4.69) is 4.98 Å². The first-order chi connectivity index (χ1) is 13.1. The second-order valence-electron chi connectivity index (χ2n) is 6.71. The van der Waals surface area contributed by atoms with E-state index in [1.54, 1.807) is 11.0 Å². The van der Waals surface area contributed by atoms with E-state index in [9.17, 15) is 9.18 Å². The van der Waals surface area contributed by atoms with Gasteiger partial charge in [0.25, 0.3) is 5.91 Å². The molecule has 0 unspecified atom stereocenters. The Morgan fingerprint density at radius 3 is 2.74 bits per heavy atom. The molecule has 1 fully saturated rings. The topological polar surface area (TPSA) is 55.6 Å². The second-order valence-corrected chi connectivity index (χ2v) is 6.71. The molecule has 1 amide bonds. The van der Waals surface area contributed by atoms with E-state index in [1.165, 1.54) is 6.07 Å². The van der Waals surface area contributed by atoms with Gasteiger partial charge in [-0.15, -0.1) is 0 Å². The lowest BCUT2D eigenvalue weighted by atomic mass is 10.0. The van der Waals surface area contributed by atoms with Gasteiger partial charge in [-0.2, -0.15) is 0 Å². The normalized spacial score (nSPS) is 14.7. The number of nitrogens with zero attached hydrogens (tertiary/aromatic N) is 2. The zero-order valence-electron chi connectivity index (χ0n) is 15.4. The van der Waals surface area contributed by atoms with Crippen LogP contribution in [-0.4, -0.2) is 42.1 Å². The molecular formula is C21H21FN2O3. The molecule has 2 aromatic heterocycles. The highest BCUT2D eigenvalue weighted by Gasteiger charge is 2.23. The van der Waals surface area contributed by atoms with Crippen molar-refractivity contribution in [3.8, 4) is 11.3 Å². The van der Waals surface area contributed by atoms with Crippen LogP contribution in [-0.2, 0) is 11.2 Å². The third-order valence-electron chi connectivity index (χ3n) is 4.84. The lowest BCUT2D eigenvalue weighted by Crippen LogP contribution is -2.41. The number of hydrogen-bond donors (Lipinski definition) is 0. The van der Waals surface area contributed by atoms with E-state index in [-0.39, 0.29) is 5.69 Å². The molecule has 5 nitrogen and oxygen atoms in total. The van der Waals surface area contributed by atoms with Crippen LogP contribution >= 0.6 is 0 Å². The van der Waals surface area contributed by atoms with Crippen LogP contribution in [0.2, 0.25) is 0 Å². The molecule has 0 spiro atoms. The Labute approximate surface area is 156 Å². The molecule has 0 N–H and O–H groups in total. The highest BCUT2D eigenvalue weighted by atomic mass is 19.1. The SMILES string of the molecule is CCc1cc2cc(-c3ccc(F)c(C(=O)N4CCOCC4)n3)cc(C)c2o1. The van der Waals surface area contributed by atoms with Gasteiger partial charge in [0.1, 0.15) is 11.3 Å². The Kier molecular flexibility index (Phi) is 4.66. The van der Waals surface area contributed by atoms with Crippen LogP contribution in [0, 0.1) is 12.7 Å². The van der Waals surface area contributed by atoms with Crippen molar-refractivity contribution in [3.05, 3.63) is 53.2 Å². The Hall–Kier alpha value is -2.73. The van der Waals surface area contributed by atoms with Crippen LogP contribution in [0.4, 0.5) is 4.39 Å². The van der Waals surface area contributed by atoms with Crippen LogP contribution < -0.4 is 0 Å². The smallest absolute Gasteiger partial charge is 0.275 e. The summed E-state index contributed by atoms with van der Waals surface area (Å²) >= 11 is 0. The van der Waals surface area contributed by atoms with Gasteiger partial charge in [-0.3, -0.25) is 4.79 Å². The van der Waals surface area contributed by atoms with Crippen molar-refractivity contribution in [1.29, 1.82) is 0 Å². The number of pyridine rings is 1. The Bertz CT molecular complexity index is 1010. The van der Waals surface area contributed by atoms with Crippen molar-refractivity contribution in [3.63, 3.8) is 0 Å². The van der Waals surface area contributed by atoms with Gasteiger partial charge in [-0.05, 0) is 42.8 Å². The first kappa shape index (κ1) is 17.7. The average Bonchev–Trinajstić information content (AvgIpc) is 3.12. The van der Waals surface area contributed by atoms with Crippen LogP contribution in [0.15, 0.2) is 34.7 Å². The number of amides is 1. The van der Waals surface area contributed by atoms with Gasteiger partial charge in [0.2, 0.25) is 0 Å². The van der Waals surface area contributed by atoms with E-state index in [4.69, 9.17) is 9.15 Å². The maximum Gasteiger partial charge on any atom is 0.275 e. The molecule has 3 heterocycles. The molecule has 140 valence electrons. The standard InChI is InChI=1S/C21H21FN2O3/c1-3-16-12-15-11-14(10-13(2)20(15)27-16)18-5-4-17(22)19(23-18)21(25)24-6-8-26-9-7-24/h4-5,10-12H,3,6-9H2,1-2H3. The van der Waals surface area contributed by atoms with Crippen molar-refractivity contribution in [2.75, 3.05) is 26.3 Å². The van der Waals surface area contributed by atoms with Crippen molar-refractivity contribution in [1.82, 2.24) is 9.88 Å². The van der Waals surface area contributed by atoms with E-state index in [0.717, 1.165) is 34.3 Å². The summed E-state index contributed by atoms with van der Waals surface area (Å²) in [5.74, 6) is -0.0860. The molecule has 0 aliphatic carbocycles. The number of carbonyl (C=O) groups excluding carboxylic acids is 1. The van der Waals surface area contributed by atoms with Gasteiger partial charge >= 0.3 is 0 Å². The fourth-order valence-corrected chi connectivity index (χ4v) is 3.37. The van der Waals surface area contributed by atoms with Crippen LogP contribution in [0.5, 0.6) is 0 Å². The average molecular weight is 368 g/mol. The number of benzene rings is 1. The van der Waals surface area contributed by atoms with Crippen LogP contribution in [0.3, 0.4) is 0 Å². The molecule has 4 rings (SSSR count). The molecule has 0 radical (unpaired) electrons. The summed E-state index contributed by atoms with van der Waals surface area (Å²) in [6.07, 6.45) is 0.816. The summed E-state index contributed by atoms with van der Waals surface area (Å²) in [4.78, 5) is 18.6. The summed E-state index contributed by atoms with van der Waals surface area (Å²) < 4.78 is 25.4. The summed E-state index contributed by atoms with van der Waals surface area (Å²) in [5, 5.41) is 0.981. The minimum atomic E-state index is -0.607. The maximum atomic E-state index is 14.3. The third-order valence-corrected chi connectivity index (χ3v) is 4.84. The Morgan fingerprint density at radius 1 is 1.22 bits per heavy atom. The number of aryl methyl sites for hydroxylation is 2. The zero-order chi connectivity index (χ0) is 19.0. The van der Waals surface area contributed by atoms with E-state index in [0.29, 0.717) is 32.0 Å². The number of hydrogen-bond acceptors (Lipinski definition) is 4. The summed E-state index contributed by atoms with van der Waals surface area (Å²) in [7, 11) is 0. The Morgan fingerprint density at radius 2 is 2.00 bits per heavy atom.